The molecule has 1 saturated heterocycles. The van der Waals surface area contributed by atoms with Crippen LogP contribution in [-0.4, -0.2) is 68.8 Å². The summed E-state index contributed by atoms with van der Waals surface area (Å²) in [6, 6.07) is 0.118. The van der Waals surface area contributed by atoms with Crippen LogP contribution in [0, 0.1) is 5.92 Å². The van der Waals surface area contributed by atoms with Crippen molar-refractivity contribution in [3.8, 4) is 0 Å². The summed E-state index contributed by atoms with van der Waals surface area (Å²) in [5.41, 5.74) is 0. The van der Waals surface area contributed by atoms with Gasteiger partial charge in [-0.1, -0.05) is 18.9 Å². The molecular weight excluding hydrogens is 270 g/mol. The molecule has 1 aliphatic rings. The van der Waals surface area contributed by atoms with Crippen LogP contribution in [0.1, 0.15) is 27.2 Å². The summed E-state index contributed by atoms with van der Waals surface area (Å²) in [6.45, 7) is 9.45. The van der Waals surface area contributed by atoms with Crippen LogP contribution in [0.5, 0.6) is 0 Å². The summed E-state index contributed by atoms with van der Waals surface area (Å²) in [7, 11) is 2.10. The second-order valence-electron chi connectivity index (χ2n) is 5.99. The van der Waals surface area contributed by atoms with Crippen molar-refractivity contribution in [1.29, 1.82) is 0 Å². The number of hydrogen-bond donors (Lipinski definition) is 1. The number of piperazine rings is 1. The second-order valence-corrected chi connectivity index (χ2v) is 5.99. The van der Waals surface area contributed by atoms with E-state index in [1.807, 2.05) is 11.8 Å². The van der Waals surface area contributed by atoms with E-state index in [0.717, 1.165) is 26.1 Å². The fourth-order valence-electron chi connectivity index (χ4n) is 2.70. The highest BCUT2D eigenvalue weighted by Crippen LogP contribution is 2.17. The van der Waals surface area contributed by atoms with E-state index in [1.54, 1.807) is 4.68 Å². The molecule has 0 radical (unpaired) electrons. The van der Waals surface area contributed by atoms with Crippen LogP contribution >= 0.6 is 0 Å². The molecule has 21 heavy (non-hydrogen) atoms. The van der Waals surface area contributed by atoms with E-state index in [4.69, 9.17) is 0 Å². The maximum Gasteiger partial charge on any atom is 0.324 e. The standard InChI is InChI=1S/C13H25N7O/c1-5-20-12(15-16-17-20)14-13(21)19-7-6-18(4)9-11(19)8-10(2)3/h10-11H,5-9H2,1-4H3,(H,14,15,17,21). The van der Waals surface area contributed by atoms with Crippen LogP contribution in [0.15, 0.2) is 0 Å². The maximum absolute atomic E-state index is 12.5. The van der Waals surface area contributed by atoms with Crippen molar-refractivity contribution in [2.75, 3.05) is 32.0 Å². The molecule has 0 aromatic carbocycles. The molecule has 1 atom stereocenters. The molecule has 1 unspecified atom stereocenters. The lowest BCUT2D eigenvalue weighted by Gasteiger charge is -2.40. The molecule has 0 aliphatic carbocycles. The number of tetrazole rings is 1. The molecule has 8 nitrogen and oxygen atoms in total. The molecule has 1 aromatic rings. The molecular formula is C13H25N7O. The third-order valence-corrected chi connectivity index (χ3v) is 3.74. The first-order valence-electron chi connectivity index (χ1n) is 7.53. The zero-order valence-corrected chi connectivity index (χ0v) is 13.3. The number of nitrogens with one attached hydrogen (secondary N) is 1. The molecule has 1 aliphatic heterocycles. The van der Waals surface area contributed by atoms with Gasteiger partial charge in [-0.05, 0) is 36.7 Å². The Morgan fingerprint density at radius 1 is 1.43 bits per heavy atom. The first-order valence-corrected chi connectivity index (χ1v) is 7.53. The van der Waals surface area contributed by atoms with Crippen molar-refractivity contribution >= 4 is 12.0 Å². The molecule has 0 saturated carbocycles. The van der Waals surface area contributed by atoms with E-state index in [9.17, 15) is 4.79 Å². The summed E-state index contributed by atoms with van der Waals surface area (Å²) < 4.78 is 1.57. The van der Waals surface area contributed by atoms with E-state index in [0.29, 0.717) is 18.4 Å². The van der Waals surface area contributed by atoms with Gasteiger partial charge in [0, 0.05) is 32.2 Å². The van der Waals surface area contributed by atoms with Gasteiger partial charge in [0.25, 0.3) is 5.95 Å². The van der Waals surface area contributed by atoms with Crippen molar-refractivity contribution < 1.29 is 4.79 Å². The van der Waals surface area contributed by atoms with Crippen molar-refractivity contribution in [2.45, 2.75) is 39.8 Å². The number of anilines is 1. The van der Waals surface area contributed by atoms with Crippen molar-refractivity contribution in [3.63, 3.8) is 0 Å². The first kappa shape index (κ1) is 15.7. The highest BCUT2D eigenvalue weighted by atomic mass is 16.2. The number of carbonyl (C=O) groups is 1. The lowest BCUT2D eigenvalue weighted by atomic mass is 10.0. The zero-order valence-electron chi connectivity index (χ0n) is 13.3. The van der Waals surface area contributed by atoms with Gasteiger partial charge in [-0.25, -0.2) is 9.48 Å². The molecule has 1 fully saturated rings. The Morgan fingerprint density at radius 3 is 2.86 bits per heavy atom. The zero-order chi connectivity index (χ0) is 15.4. The number of nitrogens with zero attached hydrogens (tertiary/aromatic N) is 6. The van der Waals surface area contributed by atoms with Crippen molar-refractivity contribution in [3.05, 3.63) is 0 Å². The number of likely N-dealkylation sites (N-methyl/N-ethyl adjacent to an activating group) is 1. The number of rotatable bonds is 4. The number of aryl methyl sites for hydroxylation is 1. The highest BCUT2D eigenvalue weighted by molar-refractivity contribution is 5.87. The molecule has 2 amide bonds. The van der Waals surface area contributed by atoms with Gasteiger partial charge in [0.05, 0.1) is 0 Å². The Bertz CT molecular complexity index is 471. The predicted octanol–water partition coefficient (Wildman–Crippen LogP) is 0.887. The molecule has 2 rings (SSSR count). The van der Waals surface area contributed by atoms with Gasteiger partial charge in [0.2, 0.25) is 0 Å². The molecule has 8 heteroatoms. The van der Waals surface area contributed by atoms with E-state index in [1.165, 1.54) is 0 Å². The average molecular weight is 295 g/mol. The quantitative estimate of drug-likeness (QED) is 0.892. The van der Waals surface area contributed by atoms with Gasteiger partial charge < -0.3 is 9.80 Å². The lowest BCUT2D eigenvalue weighted by Crippen LogP contribution is -2.55. The van der Waals surface area contributed by atoms with Gasteiger partial charge in [0.15, 0.2) is 0 Å². The van der Waals surface area contributed by atoms with Gasteiger partial charge in [-0.15, -0.1) is 0 Å². The summed E-state index contributed by atoms with van der Waals surface area (Å²) in [4.78, 5) is 16.7. The Balaban J connectivity index is 2.05. The van der Waals surface area contributed by atoms with E-state index in [2.05, 4.69) is 46.6 Å². The van der Waals surface area contributed by atoms with E-state index < -0.39 is 0 Å². The number of urea groups is 1. The molecule has 1 aromatic heterocycles. The lowest BCUT2D eigenvalue weighted by molar-refractivity contribution is 0.105. The summed E-state index contributed by atoms with van der Waals surface area (Å²) in [6.07, 6.45) is 0.997. The fraction of sp³-hybridized carbons (Fsp3) is 0.846. The third kappa shape index (κ3) is 3.90. The predicted molar refractivity (Wildman–Crippen MR) is 80.0 cm³/mol. The van der Waals surface area contributed by atoms with Crippen LogP contribution in [0.3, 0.4) is 0 Å². The van der Waals surface area contributed by atoms with Crippen LogP contribution in [-0.2, 0) is 6.54 Å². The van der Waals surface area contributed by atoms with Gasteiger partial charge in [0.1, 0.15) is 0 Å². The average Bonchev–Trinajstić information content (AvgIpc) is 2.85. The third-order valence-electron chi connectivity index (χ3n) is 3.74. The van der Waals surface area contributed by atoms with E-state index >= 15 is 0 Å². The van der Waals surface area contributed by atoms with Crippen molar-refractivity contribution in [1.82, 2.24) is 30.0 Å². The summed E-state index contributed by atoms with van der Waals surface area (Å²) in [5.74, 6) is 0.961. The van der Waals surface area contributed by atoms with Gasteiger partial charge >= 0.3 is 6.03 Å². The van der Waals surface area contributed by atoms with Crippen LogP contribution in [0.2, 0.25) is 0 Å². The minimum absolute atomic E-state index is 0.113. The van der Waals surface area contributed by atoms with Crippen LogP contribution in [0.4, 0.5) is 10.7 Å². The minimum Gasteiger partial charge on any atom is -0.319 e. The second kappa shape index (κ2) is 6.84. The van der Waals surface area contributed by atoms with Gasteiger partial charge in [-0.2, -0.15) is 0 Å². The first-order chi connectivity index (χ1) is 10.0. The Labute approximate surface area is 125 Å². The largest absolute Gasteiger partial charge is 0.324 e. The Hall–Kier alpha value is -1.70. The number of aromatic nitrogens is 4. The smallest absolute Gasteiger partial charge is 0.319 e. The number of hydrogen-bond acceptors (Lipinski definition) is 5. The normalized spacial score (nSPS) is 20.0. The Kier molecular flexibility index (Phi) is 5.11. The topological polar surface area (TPSA) is 79.2 Å². The molecule has 0 spiro atoms. The van der Waals surface area contributed by atoms with E-state index in [-0.39, 0.29) is 12.1 Å². The summed E-state index contributed by atoms with van der Waals surface area (Å²) in [5, 5.41) is 14.1. The Morgan fingerprint density at radius 2 is 2.19 bits per heavy atom. The number of carbonyl (C=O) groups excluding carboxylic acids is 1. The SMILES string of the molecule is CCn1nnnc1NC(=O)N1CCN(C)CC1CC(C)C. The fourth-order valence-corrected chi connectivity index (χ4v) is 2.70. The monoisotopic (exact) mass is 295 g/mol. The van der Waals surface area contributed by atoms with Crippen LogP contribution < -0.4 is 5.32 Å². The molecule has 2 heterocycles. The molecule has 0 bridgehead atoms. The molecule has 1 N–H and O–H groups in total. The highest BCUT2D eigenvalue weighted by Gasteiger charge is 2.30. The maximum atomic E-state index is 12.5. The van der Waals surface area contributed by atoms with Crippen LogP contribution in [0.25, 0.3) is 0 Å². The van der Waals surface area contributed by atoms with Gasteiger partial charge in [-0.3, -0.25) is 5.32 Å². The molecule has 118 valence electrons. The summed E-state index contributed by atoms with van der Waals surface area (Å²) >= 11 is 0. The minimum atomic E-state index is -0.113. The number of amides is 2. The van der Waals surface area contributed by atoms with Crippen molar-refractivity contribution in [2.24, 2.45) is 5.92 Å².